The van der Waals surface area contributed by atoms with E-state index in [1.165, 1.54) is 4.90 Å². The van der Waals surface area contributed by atoms with Crippen molar-refractivity contribution in [2.75, 3.05) is 19.6 Å². The van der Waals surface area contributed by atoms with Crippen molar-refractivity contribution in [3.05, 3.63) is 23.0 Å². The number of Topliss-reactive ketones (excluding diaryl/α,β-unsaturated/α-hetero) is 1. The number of aryl methyl sites for hydroxylation is 1. The number of amides is 2. The van der Waals surface area contributed by atoms with Crippen molar-refractivity contribution in [1.29, 1.82) is 0 Å². The van der Waals surface area contributed by atoms with Gasteiger partial charge in [-0.25, -0.2) is 0 Å². The molecule has 0 bridgehead atoms. The minimum atomic E-state index is -0.611. The van der Waals surface area contributed by atoms with Gasteiger partial charge in [-0.1, -0.05) is 0 Å². The Labute approximate surface area is 117 Å². The van der Waals surface area contributed by atoms with Gasteiger partial charge in [0, 0.05) is 24.0 Å². The third-order valence-electron chi connectivity index (χ3n) is 3.20. The van der Waals surface area contributed by atoms with Gasteiger partial charge >= 0.3 is 0 Å². The maximum Gasteiger partial charge on any atom is 0.231 e. The first-order chi connectivity index (χ1) is 9.22. The third kappa shape index (κ3) is 3.92. The van der Waals surface area contributed by atoms with Crippen LogP contribution in [0.2, 0.25) is 0 Å². The number of ketones is 1. The number of carbonyl (C=O) groups excluding carboxylic acids is 3. The average Bonchev–Trinajstić information content (AvgIpc) is 2.55. The minimum absolute atomic E-state index is 0.0732. The summed E-state index contributed by atoms with van der Waals surface area (Å²) in [5.74, 6) is -1.39. The van der Waals surface area contributed by atoms with Gasteiger partial charge in [0.15, 0.2) is 5.78 Å². The third-order valence-corrected chi connectivity index (χ3v) is 3.20. The average molecular weight is 280 g/mol. The van der Waals surface area contributed by atoms with E-state index in [1.807, 2.05) is 25.5 Å². The molecule has 0 saturated carbocycles. The molecule has 0 fully saturated rings. The zero-order valence-corrected chi connectivity index (χ0v) is 12.0. The van der Waals surface area contributed by atoms with E-state index in [9.17, 15) is 14.4 Å². The summed E-state index contributed by atoms with van der Waals surface area (Å²) >= 11 is 0. The standard InChI is InChI=1S/C13H20N4O3/c1-8-4-10(9(2)16(8)3)11(18)5-17(6-12(14)19)7-13(15)20/h4H,5-7H2,1-3H3,(H2,14,19)(H2,15,20). The van der Waals surface area contributed by atoms with Crippen LogP contribution in [0.5, 0.6) is 0 Å². The van der Waals surface area contributed by atoms with Gasteiger partial charge in [-0.15, -0.1) is 0 Å². The summed E-state index contributed by atoms with van der Waals surface area (Å²) in [6.07, 6.45) is 0. The van der Waals surface area contributed by atoms with Crippen molar-refractivity contribution in [2.24, 2.45) is 18.5 Å². The monoisotopic (exact) mass is 280 g/mol. The van der Waals surface area contributed by atoms with Crippen LogP contribution < -0.4 is 11.5 Å². The number of carbonyl (C=O) groups is 3. The van der Waals surface area contributed by atoms with Crippen LogP contribution in [-0.4, -0.2) is 46.7 Å². The molecule has 0 aliphatic heterocycles. The van der Waals surface area contributed by atoms with E-state index in [2.05, 4.69) is 0 Å². The first-order valence-electron chi connectivity index (χ1n) is 6.17. The zero-order chi connectivity index (χ0) is 15.4. The van der Waals surface area contributed by atoms with Crippen LogP contribution in [0.1, 0.15) is 21.7 Å². The number of hydrogen-bond donors (Lipinski definition) is 2. The summed E-state index contributed by atoms with van der Waals surface area (Å²) in [4.78, 5) is 35.5. The predicted molar refractivity (Wildman–Crippen MR) is 74.0 cm³/mol. The first-order valence-corrected chi connectivity index (χ1v) is 6.17. The number of hydrogen-bond acceptors (Lipinski definition) is 4. The van der Waals surface area contributed by atoms with Crippen molar-refractivity contribution in [2.45, 2.75) is 13.8 Å². The molecule has 0 aliphatic carbocycles. The maximum atomic E-state index is 12.2. The molecular formula is C13H20N4O3. The molecule has 1 aromatic rings. The van der Waals surface area contributed by atoms with E-state index in [4.69, 9.17) is 11.5 Å². The molecule has 20 heavy (non-hydrogen) atoms. The van der Waals surface area contributed by atoms with Crippen LogP contribution in [0.25, 0.3) is 0 Å². The molecule has 7 nitrogen and oxygen atoms in total. The number of rotatable bonds is 7. The van der Waals surface area contributed by atoms with Crippen LogP contribution in [0.15, 0.2) is 6.07 Å². The Morgan fingerprint density at radius 3 is 1.95 bits per heavy atom. The normalized spacial score (nSPS) is 10.8. The molecule has 110 valence electrons. The topological polar surface area (TPSA) is 111 Å². The number of nitrogens with zero attached hydrogens (tertiary/aromatic N) is 2. The van der Waals surface area contributed by atoms with Gasteiger partial charge in [-0.3, -0.25) is 19.3 Å². The van der Waals surface area contributed by atoms with E-state index in [-0.39, 0.29) is 25.4 Å². The molecule has 2 amide bonds. The van der Waals surface area contributed by atoms with Gasteiger partial charge < -0.3 is 16.0 Å². The molecule has 7 heteroatoms. The molecule has 0 aromatic carbocycles. The van der Waals surface area contributed by atoms with Crippen molar-refractivity contribution in [1.82, 2.24) is 9.47 Å². The summed E-state index contributed by atoms with van der Waals surface area (Å²) in [5.41, 5.74) is 12.6. The van der Waals surface area contributed by atoms with Crippen molar-refractivity contribution < 1.29 is 14.4 Å². The molecule has 1 heterocycles. The molecular weight excluding hydrogens is 260 g/mol. The van der Waals surface area contributed by atoms with Gasteiger partial charge in [0.05, 0.1) is 19.6 Å². The molecule has 0 saturated heterocycles. The van der Waals surface area contributed by atoms with Crippen LogP contribution in [0.4, 0.5) is 0 Å². The van der Waals surface area contributed by atoms with Gasteiger partial charge in [-0.05, 0) is 19.9 Å². The highest BCUT2D eigenvalue weighted by atomic mass is 16.2. The van der Waals surface area contributed by atoms with Gasteiger partial charge in [0.25, 0.3) is 0 Å². The highest BCUT2D eigenvalue weighted by Crippen LogP contribution is 2.14. The first kappa shape index (κ1) is 15.9. The Balaban J connectivity index is 2.86. The van der Waals surface area contributed by atoms with Crippen LogP contribution in [-0.2, 0) is 16.6 Å². The lowest BCUT2D eigenvalue weighted by molar-refractivity contribution is -0.121. The molecule has 0 radical (unpaired) electrons. The summed E-state index contributed by atoms with van der Waals surface area (Å²) in [5, 5.41) is 0. The lowest BCUT2D eigenvalue weighted by atomic mass is 10.1. The molecule has 1 aromatic heterocycles. The number of aromatic nitrogens is 1. The van der Waals surface area contributed by atoms with E-state index in [0.717, 1.165) is 11.4 Å². The highest BCUT2D eigenvalue weighted by Gasteiger charge is 2.19. The fourth-order valence-corrected chi connectivity index (χ4v) is 2.03. The molecule has 0 aliphatic rings. The zero-order valence-electron chi connectivity index (χ0n) is 12.0. The fourth-order valence-electron chi connectivity index (χ4n) is 2.03. The van der Waals surface area contributed by atoms with Crippen molar-refractivity contribution in [3.63, 3.8) is 0 Å². The van der Waals surface area contributed by atoms with Crippen molar-refractivity contribution in [3.8, 4) is 0 Å². The highest BCUT2D eigenvalue weighted by molar-refractivity contribution is 5.99. The Kier molecular flexibility index (Phi) is 5.04. The molecule has 0 atom stereocenters. The Morgan fingerprint density at radius 2 is 1.60 bits per heavy atom. The fraction of sp³-hybridized carbons (Fsp3) is 0.462. The molecule has 0 unspecified atom stereocenters. The smallest absolute Gasteiger partial charge is 0.231 e. The van der Waals surface area contributed by atoms with E-state index in [1.54, 1.807) is 6.07 Å². The van der Waals surface area contributed by atoms with E-state index in [0.29, 0.717) is 5.56 Å². The maximum absolute atomic E-state index is 12.2. The second-order valence-corrected chi connectivity index (χ2v) is 4.84. The predicted octanol–water partition coefficient (Wildman–Crippen LogP) is -0.903. The van der Waals surface area contributed by atoms with Gasteiger partial charge in [-0.2, -0.15) is 0 Å². The van der Waals surface area contributed by atoms with Crippen molar-refractivity contribution >= 4 is 17.6 Å². The van der Waals surface area contributed by atoms with E-state index < -0.39 is 11.8 Å². The number of primary amides is 2. The molecule has 4 N–H and O–H groups in total. The van der Waals surface area contributed by atoms with Crippen LogP contribution in [0, 0.1) is 13.8 Å². The Morgan fingerprint density at radius 1 is 1.10 bits per heavy atom. The second kappa shape index (κ2) is 6.33. The summed E-state index contributed by atoms with van der Waals surface area (Å²) in [6.45, 7) is 3.30. The second-order valence-electron chi connectivity index (χ2n) is 4.84. The van der Waals surface area contributed by atoms with Crippen LogP contribution in [0.3, 0.4) is 0 Å². The van der Waals surface area contributed by atoms with Gasteiger partial charge in [0.1, 0.15) is 0 Å². The van der Waals surface area contributed by atoms with Crippen LogP contribution >= 0.6 is 0 Å². The summed E-state index contributed by atoms with van der Waals surface area (Å²) in [6, 6.07) is 1.78. The lowest BCUT2D eigenvalue weighted by Gasteiger charge is -2.17. The quantitative estimate of drug-likeness (QED) is 0.630. The lowest BCUT2D eigenvalue weighted by Crippen LogP contribution is -2.42. The summed E-state index contributed by atoms with van der Waals surface area (Å²) < 4.78 is 1.90. The Hall–Kier alpha value is -2.15. The Bertz CT molecular complexity index is 532. The summed E-state index contributed by atoms with van der Waals surface area (Å²) in [7, 11) is 1.87. The largest absolute Gasteiger partial charge is 0.369 e. The minimum Gasteiger partial charge on any atom is -0.369 e. The molecule has 1 rings (SSSR count). The van der Waals surface area contributed by atoms with E-state index >= 15 is 0 Å². The SMILES string of the molecule is Cc1cc(C(=O)CN(CC(N)=O)CC(N)=O)c(C)n1C. The number of nitrogens with two attached hydrogens (primary N) is 2. The molecule has 0 spiro atoms. The van der Waals surface area contributed by atoms with Gasteiger partial charge in [0.2, 0.25) is 11.8 Å².